The summed E-state index contributed by atoms with van der Waals surface area (Å²) in [6, 6.07) is 12.9. The number of rotatable bonds is 6. The van der Waals surface area contributed by atoms with E-state index in [9.17, 15) is 4.79 Å². The van der Waals surface area contributed by atoms with Gasteiger partial charge in [0.2, 0.25) is 5.91 Å². The fourth-order valence-corrected chi connectivity index (χ4v) is 5.81. The highest BCUT2D eigenvalue weighted by atomic mass is 35.5. The lowest BCUT2D eigenvalue weighted by Crippen LogP contribution is -2.35. The van der Waals surface area contributed by atoms with Gasteiger partial charge < -0.3 is 15.2 Å². The summed E-state index contributed by atoms with van der Waals surface area (Å²) in [4.78, 5) is 21.2. The van der Waals surface area contributed by atoms with Crippen LogP contribution >= 0.6 is 11.6 Å². The molecular formula is C28H28ClN5O. The largest absolute Gasteiger partial charge is 0.352 e. The van der Waals surface area contributed by atoms with E-state index in [-0.39, 0.29) is 11.9 Å². The summed E-state index contributed by atoms with van der Waals surface area (Å²) in [5.41, 5.74) is 9.61. The first-order chi connectivity index (χ1) is 17.1. The quantitative estimate of drug-likeness (QED) is 0.411. The highest BCUT2D eigenvalue weighted by Crippen LogP contribution is 2.40. The molecule has 1 aliphatic carbocycles. The third-order valence-corrected chi connectivity index (χ3v) is 7.65. The molecule has 178 valence electrons. The van der Waals surface area contributed by atoms with Crippen molar-refractivity contribution in [2.24, 2.45) is 7.05 Å². The van der Waals surface area contributed by atoms with E-state index in [0.29, 0.717) is 13.0 Å². The zero-order chi connectivity index (χ0) is 23.9. The lowest BCUT2D eigenvalue weighted by molar-refractivity contribution is -0.119. The lowest BCUT2D eigenvalue weighted by Gasteiger charge is -2.13. The van der Waals surface area contributed by atoms with Crippen LogP contribution in [0.5, 0.6) is 0 Å². The number of nitrogens with one attached hydrogen (secondary N) is 2. The molecule has 1 unspecified atom stereocenters. The van der Waals surface area contributed by atoms with Gasteiger partial charge in [0.25, 0.3) is 0 Å². The molecule has 0 bridgehead atoms. The van der Waals surface area contributed by atoms with Crippen LogP contribution in [0.25, 0.3) is 33.5 Å². The second-order valence-electron chi connectivity index (χ2n) is 9.59. The van der Waals surface area contributed by atoms with Crippen molar-refractivity contribution in [1.82, 2.24) is 25.2 Å². The van der Waals surface area contributed by atoms with E-state index >= 15 is 0 Å². The van der Waals surface area contributed by atoms with Crippen molar-refractivity contribution < 1.29 is 4.79 Å². The Morgan fingerprint density at radius 1 is 1.11 bits per heavy atom. The molecule has 7 heteroatoms. The van der Waals surface area contributed by atoms with Crippen LogP contribution in [-0.4, -0.2) is 33.0 Å². The van der Waals surface area contributed by atoms with Gasteiger partial charge in [-0.15, -0.1) is 0 Å². The van der Waals surface area contributed by atoms with Crippen LogP contribution in [0.15, 0.2) is 48.8 Å². The van der Waals surface area contributed by atoms with E-state index in [1.54, 1.807) is 0 Å². The summed E-state index contributed by atoms with van der Waals surface area (Å²) in [5, 5.41) is 7.17. The van der Waals surface area contributed by atoms with Crippen molar-refractivity contribution in [2.75, 3.05) is 6.54 Å². The van der Waals surface area contributed by atoms with Gasteiger partial charge in [0.05, 0.1) is 16.9 Å². The monoisotopic (exact) mass is 485 g/mol. The zero-order valence-electron chi connectivity index (χ0n) is 19.8. The van der Waals surface area contributed by atoms with Gasteiger partial charge in [-0.3, -0.25) is 9.78 Å². The number of carbonyl (C=O) groups excluding carboxylic acids is 1. The van der Waals surface area contributed by atoms with Crippen molar-refractivity contribution in [3.05, 3.63) is 70.5 Å². The molecule has 2 aliphatic rings. The fourth-order valence-electron chi connectivity index (χ4n) is 5.49. The van der Waals surface area contributed by atoms with Crippen LogP contribution in [0.3, 0.4) is 0 Å². The Morgan fingerprint density at radius 3 is 2.80 bits per heavy atom. The van der Waals surface area contributed by atoms with Crippen molar-refractivity contribution in [3.8, 4) is 22.4 Å². The first-order valence-corrected chi connectivity index (χ1v) is 12.7. The van der Waals surface area contributed by atoms with E-state index in [2.05, 4.69) is 47.2 Å². The van der Waals surface area contributed by atoms with Crippen molar-refractivity contribution in [3.63, 3.8) is 0 Å². The number of fused-ring (bicyclic) bond motifs is 2. The summed E-state index contributed by atoms with van der Waals surface area (Å²) >= 11 is 7.00. The maximum absolute atomic E-state index is 11.4. The molecule has 2 aromatic carbocycles. The molecule has 1 fully saturated rings. The SMILES string of the molecule is Cn1cc(CNCC2CCC(=O)N2)c2ncc(-c3cccc(-c4cccc5c4CCC5)c3Cl)nc21. The van der Waals surface area contributed by atoms with E-state index in [0.717, 1.165) is 64.4 Å². The molecule has 4 aromatic rings. The van der Waals surface area contributed by atoms with Gasteiger partial charge >= 0.3 is 0 Å². The summed E-state index contributed by atoms with van der Waals surface area (Å²) in [5.74, 6) is 0.139. The number of amides is 1. The van der Waals surface area contributed by atoms with Gasteiger partial charge in [0.1, 0.15) is 5.52 Å². The maximum Gasteiger partial charge on any atom is 0.220 e. The van der Waals surface area contributed by atoms with Gasteiger partial charge in [-0.1, -0.05) is 48.0 Å². The van der Waals surface area contributed by atoms with Gasteiger partial charge in [-0.25, -0.2) is 4.98 Å². The Bertz CT molecular complexity index is 1440. The number of benzene rings is 2. The van der Waals surface area contributed by atoms with Crippen LogP contribution in [0.1, 0.15) is 36.0 Å². The number of aryl methyl sites for hydroxylation is 2. The van der Waals surface area contributed by atoms with Crippen LogP contribution in [0.2, 0.25) is 5.02 Å². The Kier molecular flexibility index (Phi) is 5.78. The summed E-state index contributed by atoms with van der Waals surface area (Å²) in [6.07, 6.45) is 8.84. The van der Waals surface area contributed by atoms with Crippen molar-refractivity contribution >= 4 is 28.7 Å². The van der Waals surface area contributed by atoms with E-state index in [1.165, 1.54) is 23.1 Å². The molecule has 2 N–H and O–H groups in total. The van der Waals surface area contributed by atoms with Crippen LogP contribution in [0, 0.1) is 0 Å². The third-order valence-electron chi connectivity index (χ3n) is 7.24. The average molecular weight is 486 g/mol. The minimum Gasteiger partial charge on any atom is -0.352 e. The molecular weight excluding hydrogens is 458 g/mol. The maximum atomic E-state index is 11.4. The molecule has 0 radical (unpaired) electrons. The minimum absolute atomic E-state index is 0.139. The molecule has 1 amide bonds. The van der Waals surface area contributed by atoms with Gasteiger partial charge in [-0.2, -0.15) is 0 Å². The predicted octanol–water partition coefficient (Wildman–Crippen LogP) is 4.81. The van der Waals surface area contributed by atoms with Crippen LogP contribution < -0.4 is 10.6 Å². The fraction of sp³-hybridized carbons (Fsp3) is 0.321. The average Bonchev–Trinajstić information content (AvgIpc) is 3.58. The second-order valence-corrected chi connectivity index (χ2v) is 9.97. The van der Waals surface area contributed by atoms with Crippen LogP contribution in [0.4, 0.5) is 0 Å². The second kappa shape index (κ2) is 9.10. The molecule has 3 heterocycles. The van der Waals surface area contributed by atoms with Gasteiger partial charge in [0, 0.05) is 55.5 Å². The number of carbonyl (C=O) groups is 1. The Morgan fingerprint density at radius 2 is 1.94 bits per heavy atom. The normalized spacial score (nSPS) is 17.2. The molecule has 1 saturated heterocycles. The third kappa shape index (κ3) is 4.11. The zero-order valence-corrected chi connectivity index (χ0v) is 20.5. The Balaban J connectivity index is 1.29. The summed E-state index contributed by atoms with van der Waals surface area (Å²) in [7, 11) is 1.99. The lowest BCUT2D eigenvalue weighted by atomic mass is 9.95. The van der Waals surface area contributed by atoms with E-state index < -0.39 is 0 Å². The number of hydrogen-bond donors (Lipinski definition) is 2. The molecule has 6 nitrogen and oxygen atoms in total. The molecule has 2 aromatic heterocycles. The first-order valence-electron chi connectivity index (χ1n) is 12.3. The van der Waals surface area contributed by atoms with E-state index in [4.69, 9.17) is 21.6 Å². The Hall–Kier alpha value is -3.22. The number of hydrogen-bond acceptors (Lipinski definition) is 4. The summed E-state index contributed by atoms with van der Waals surface area (Å²) in [6.45, 7) is 1.42. The van der Waals surface area contributed by atoms with Gasteiger partial charge in [0.15, 0.2) is 5.65 Å². The minimum atomic E-state index is 0.139. The Labute approximate surface area is 209 Å². The van der Waals surface area contributed by atoms with Crippen molar-refractivity contribution in [1.29, 1.82) is 0 Å². The first kappa shape index (κ1) is 22.3. The molecule has 1 atom stereocenters. The molecule has 6 rings (SSSR count). The highest BCUT2D eigenvalue weighted by Gasteiger charge is 2.21. The summed E-state index contributed by atoms with van der Waals surface area (Å²) < 4.78 is 2.02. The topological polar surface area (TPSA) is 71.8 Å². The van der Waals surface area contributed by atoms with Crippen LogP contribution in [-0.2, 0) is 31.2 Å². The van der Waals surface area contributed by atoms with Crippen molar-refractivity contribution in [2.45, 2.75) is 44.7 Å². The molecule has 35 heavy (non-hydrogen) atoms. The highest BCUT2D eigenvalue weighted by molar-refractivity contribution is 6.36. The number of halogens is 1. The van der Waals surface area contributed by atoms with E-state index in [1.807, 2.05) is 23.9 Å². The smallest absolute Gasteiger partial charge is 0.220 e. The van der Waals surface area contributed by atoms with Gasteiger partial charge in [-0.05, 0) is 42.4 Å². The standard InChI is InChI=1S/C28H28ClN5O/c1-34-16-18(13-30-14-19-11-12-25(35)32-19)27-28(34)33-24(15-31-27)23-10-4-9-22(26(23)29)21-8-3-6-17-5-2-7-20(17)21/h3-4,6,8-10,15-16,19,30H,2,5,7,11-14H2,1H3,(H,32,35). The molecule has 0 spiro atoms. The number of nitrogens with zero attached hydrogens (tertiary/aromatic N) is 3. The number of aromatic nitrogens is 3. The predicted molar refractivity (Wildman–Crippen MR) is 139 cm³/mol. The molecule has 0 saturated carbocycles. The molecule has 1 aliphatic heterocycles.